The predicted octanol–water partition coefficient (Wildman–Crippen LogP) is 5.14. The van der Waals surface area contributed by atoms with Crippen LogP contribution in [0.15, 0.2) is 77.7 Å². The molecular formula is C26H24ClN3O2. The highest BCUT2D eigenvalue weighted by molar-refractivity contribution is 6.31. The molecule has 6 heteroatoms. The van der Waals surface area contributed by atoms with Gasteiger partial charge in [0, 0.05) is 17.3 Å². The summed E-state index contributed by atoms with van der Waals surface area (Å²) < 4.78 is 3.36. The number of hydrogen-bond acceptors (Lipinski definition) is 2. The summed E-state index contributed by atoms with van der Waals surface area (Å²) >= 11 is 6.38. The number of hydrogen-bond donors (Lipinski definition) is 1. The van der Waals surface area contributed by atoms with Crippen LogP contribution >= 0.6 is 11.6 Å². The fourth-order valence-electron chi connectivity index (χ4n) is 4.51. The van der Waals surface area contributed by atoms with Gasteiger partial charge in [-0.25, -0.2) is 0 Å². The lowest BCUT2D eigenvalue weighted by molar-refractivity contribution is 0.0927. The summed E-state index contributed by atoms with van der Waals surface area (Å²) in [6, 6.07) is 21.2. The van der Waals surface area contributed by atoms with Crippen LogP contribution in [-0.4, -0.2) is 20.9 Å². The molecule has 32 heavy (non-hydrogen) atoms. The summed E-state index contributed by atoms with van der Waals surface area (Å²) in [4.78, 5) is 26.9. The first kappa shape index (κ1) is 20.6. The second kappa shape index (κ2) is 8.67. The van der Waals surface area contributed by atoms with Gasteiger partial charge >= 0.3 is 0 Å². The van der Waals surface area contributed by atoms with E-state index in [2.05, 4.69) is 5.32 Å². The number of halogens is 1. The van der Waals surface area contributed by atoms with Crippen molar-refractivity contribution in [1.82, 2.24) is 14.3 Å². The van der Waals surface area contributed by atoms with Crippen LogP contribution in [0.5, 0.6) is 0 Å². The Labute approximate surface area is 191 Å². The number of nitrogens with zero attached hydrogens (tertiary/aromatic N) is 2. The molecule has 1 saturated carbocycles. The first-order valence-electron chi connectivity index (χ1n) is 11.0. The number of benzene rings is 2. The molecule has 1 aliphatic carbocycles. The van der Waals surface area contributed by atoms with E-state index in [0.717, 1.165) is 42.5 Å². The molecule has 162 valence electrons. The van der Waals surface area contributed by atoms with Crippen molar-refractivity contribution in [2.75, 3.05) is 0 Å². The minimum Gasteiger partial charge on any atom is -0.348 e. The predicted molar refractivity (Wildman–Crippen MR) is 127 cm³/mol. The molecule has 5 nitrogen and oxygen atoms in total. The molecule has 5 rings (SSSR count). The van der Waals surface area contributed by atoms with E-state index < -0.39 is 0 Å². The first-order chi connectivity index (χ1) is 15.6. The Morgan fingerprint density at radius 1 is 0.969 bits per heavy atom. The smallest absolute Gasteiger partial charge is 0.275 e. The van der Waals surface area contributed by atoms with Crippen LogP contribution in [0.4, 0.5) is 0 Å². The number of carbonyl (C=O) groups excluding carboxylic acids is 1. The Morgan fingerprint density at radius 3 is 2.44 bits per heavy atom. The second-order valence-electron chi connectivity index (χ2n) is 8.29. The van der Waals surface area contributed by atoms with E-state index in [-0.39, 0.29) is 24.1 Å². The van der Waals surface area contributed by atoms with Gasteiger partial charge in [0.15, 0.2) is 0 Å². The van der Waals surface area contributed by atoms with Gasteiger partial charge in [0.2, 0.25) is 0 Å². The quantitative estimate of drug-likeness (QED) is 0.462. The van der Waals surface area contributed by atoms with Crippen molar-refractivity contribution in [2.45, 2.75) is 38.3 Å². The molecule has 0 spiro atoms. The lowest BCUT2D eigenvalue weighted by Crippen LogP contribution is -2.38. The monoisotopic (exact) mass is 445 g/mol. The van der Waals surface area contributed by atoms with Crippen LogP contribution in [0.3, 0.4) is 0 Å². The molecular weight excluding hydrogens is 422 g/mol. The van der Waals surface area contributed by atoms with E-state index in [0.29, 0.717) is 16.2 Å². The first-order valence-corrected chi connectivity index (χ1v) is 11.3. The van der Waals surface area contributed by atoms with Crippen LogP contribution in [0.2, 0.25) is 5.02 Å². The topological polar surface area (TPSA) is 55.5 Å². The van der Waals surface area contributed by atoms with E-state index in [4.69, 9.17) is 11.6 Å². The van der Waals surface area contributed by atoms with Crippen LogP contribution in [0.25, 0.3) is 16.8 Å². The highest BCUT2D eigenvalue weighted by atomic mass is 35.5. The highest BCUT2D eigenvalue weighted by Gasteiger charge is 2.23. The number of fused-ring (bicyclic) bond motifs is 1. The lowest BCUT2D eigenvalue weighted by Gasteiger charge is -2.18. The van der Waals surface area contributed by atoms with Crippen LogP contribution in [0.1, 0.15) is 41.7 Å². The van der Waals surface area contributed by atoms with Crippen molar-refractivity contribution in [1.29, 1.82) is 0 Å². The van der Waals surface area contributed by atoms with Crippen molar-refractivity contribution in [3.05, 3.63) is 99.6 Å². The second-order valence-corrected chi connectivity index (χ2v) is 8.70. The summed E-state index contributed by atoms with van der Waals surface area (Å²) in [5.74, 6) is -0.226. The molecule has 1 amide bonds. The zero-order valence-corrected chi connectivity index (χ0v) is 18.4. The van der Waals surface area contributed by atoms with Crippen LogP contribution in [0, 0.1) is 0 Å². The van der Waals surface area contributed by atoms with Gasteiger partial charge in [0.05, 0.1) is 12.2 Å². The van der Waals surface area contributed by atoms with Crippen LogP contribution in [-0.2, 0) is 6.54 Å². The van der Waals surface area contributed by atoms with Crippen molar-refractivity contribution >= 4 is 23.0 Å². The Morgan fingerprint density at radius 2 is 1.69 bits per heavy atom. The number of nitrogens with one attached hydrogen (secondary N) is 1. The Hall–Kier alpha value is -3.31. The normalized spacial score (nSPS) is 14.2. The summed E-state index contributed by atoms with van der Waals surface area (Å²) in [6.07, 6.45) is 5.96. The van der Waals surface area contributed by atoms with E-state index in [1.54, 1.807) is 12.3 Å². The third-order valence-electron chi connectivity index (χ3n) is 6.20. The maximum absolute atomic E-state index is 13.6. The number of rotatable bonds is 5. The van der Waals surface area contributed by atoms with Gasteiger partial charge in [-0.3, -0.25) is 14.2 Å². The van der Waals surface area contributed by atoms with Crippen molar-refractivity contribution < 1.29 is 4.79 Å². The number of carbonyl (C=O) groups is 1. The standard InChI is InChI=1S/C26H24ClN3O2/c27-21-13-7-4-10-19(21)16-30-24(25(31)28-20-11-5-6-12-20)17-29-22(14-15-23(29)26(30)32)18-8-2-1-3-9-18/h1-4,7-10,13-15,17,20H,5-6,11-12,16H2,(H,28,31). The zero-order valence-electron chi connectivity index (χ0n) is 17.6. The Balaban J connectivity index is 1.66. The molecule has 0 radical (unpaired) electrons. The fourth-order valence-corrected chi connectivity index (χ4v) is 4.71. The van der Waals surface area contributed by atoms with Crippen molar-refractivity contribution in [3.63, 3.8) is 0 Å². The van der Waals surface area contributed by atoms with Gasteiger partial charge < -0.3 is 9.72 Å². The van der Waals surface area contributed by atoms with Crippen LogP contribution < -0.4 is 10.9 Å². The maximum atomic E-state index is 13.6. The molecule has 1 fully saturated rings. The lowest BCUT2D eigenvalue weighted by atomic mass is 10.1. The summed E-state index contributed by atoms with van der Waals surface area (Å²) in [5.41, 5.74) is 3.29. The SMILES string of the molecule is O=C(NC1CCCC1)c1cn2c(-c3ccccc3)ccc2c(=O)n1Cc1ccccc1Cl. The van der Waals surface area contributed by atoms with Crippen molar-refractivity contribution in [3.8, 4) is 11.3 Å². The molecule has 1 aliphatic rings. The summed E-state index contributed by atoms with van der Waals surface area (Å²) in [6.45, 7) is 0.230. The maximum Gasteiger partial charge on any atom is 0.275 e. The number of aromatic nitrogens is 2. The largest absolute Gasteiger partial charge is 0.348 e. The van der Waals surface area contributed by atoms with E-state index in [1.165, 1.54) is 4.57 Å². The van der Waals surface area contributed by atoms with Crippen molar-refractivity contribution in [2.24, 2.45) is 0 Å². The Kier molecular flexibility index (Phi) is 5.58. The highest BCUT2D eigenvalue weighted by Crippen LogP contribution is 2.23. The summed E-state index contributed by atoms with van der Waals surface area (Å²) in [7, 11) is 0. The fraction of sp³-hybridized carbons (Fsp3) is 0.231. The van der Waals surface area contributed by atoms with Gasteiger partial charge in [-0.15, -0.1) is 0 Å². The third kappa shape index (κ3) is 3.84. The minimum absolute atomic E-state index is 0.153. The molecule has 0 bridgehead atoms. The molecule has 0 atom stereocenters. The Bertz CT molecular complexity index is 1330. The van der Waals surface area contributed by atoms with Gasteiger partial charge in [-0.05, 0) is 42.2 Å². The molecule has 0 saturated heterocycles. The molecule has 1 N–H and O–H groups in total. The zero-order chi connectivity index (χ0) is 22.1. The average molecular weight is 446 g/mol. The van der Waals surface area contributed by atoms with Gasteiger partial charge in [0.25, 0.3) is 11.5 Å². The van der Waals surface area contributed by atoms with E-state index in [9.17, 15) is 9.59 Å². The average Bonchev–Trinajstić information content (AvgIpc) is 3.47. The van der Waals surface area contributed by atoms with E-state index in [1.807, 2.05) is 65.1 Å². The van der Waals surface area contributed by atoms with E-state index >= 15 is 0 Å². The minimum atomic E-state index is -0.226. The number of amides is 1. The van der Waals surface area contributed by atoms with Gasteiger partial charge in [-0.2, -0.15) is 0 Å². The molecule has 4 aromatic rings. The molecule has 0 aliphatic heterocycles. The summed E-state index contributed by atoms with van der Waals surface area (Å²) in [5, 5.41) is 3.71. The van der Waals surface area contributed by atoms with Gasteiger partial charge in [-0.1, -0.05) is 73.0 Å². The molecule has 2 aromatic heterocycles. The van der Waals surface area contributed by atoms with Gasteiger partial charge in [0.1, 0.15) is 11.2 Å². The third-order valence-corrected chi connectivity index (χ3v) is 6.57. The molecule has 2 aromatic carbocycles. The molecule has 2 heterocycles. The molecule has 0 unspecified atom stereocenters.